The minimum Gasteiger partial charge on any atom is -0.462 e. The number of phosphoric acid groups is 2. The second kappa shape index (κ2) is 72.9. The summed E-state index contributed by atoms with van der Waals surface area (Å²) < 4.78 is 68.8. The number of carbonyl (C=O) groups excluding carboxylic acids is 4. The van der Waals surface area contributed by atoms with Crippen LogP contribution >= 0.6 is 15.6 Å². The van der Waals surface area contributed by atoms with E-state index < -0.39 is 97.5 Å². The summed E-state index contributed by atoms with van der Waals surface area (Å²) in [5.74, 6) is 1.01. The Balaban J connectivity index is 5.18. The molecule has 0 aromatic heterocycles. The Kier molecular flexibility index (Phi) is 71.5. The molecule has 0 amide bonds. The predicted octanol–water partition coefficient (Wildman–Crippen LogP) is 25.2. The number of rotatable bonds is 81. The highest BCUT2D eigenvalue weighted by atomic mass is 31.2. The average molecular weight is 1510 g/mol. The van der Waals surface area contributed by atoms with Gasteiger partial charge in [0.2, 0.25) is 0 Å². The highest BCUT2D eigenvalue weighted by Crippen LogP contribution is 2.45. The van der Waals surface area contributed by atoms with Crippen molar-refractivity contribution in [2.45, 2.75) is 453 Å². The summed E-state index contributed by atoms with van der Waals surface area (Å²) in [6.45, 7) is 14.3. The van der Waals surface area contributed by atoms with E-state index in [9.17, 15) is 43.2 Å². The van der Waals surface area contributed by atoms with Crippen molar-refractivity contribution in [1.82, 2.24) is 0 Å². The molecule has 0 spiro atoms. The molecule has 0 bridgehead atoms. The van der Waals surface area contributed by atoms with Crippen LogP contribution in [0.4, 0.5) is 0 Å². The van der Waals surface area contributed by atoms with E-state index in [2.05, 4.69) is 55.4 Å². The van der Waals surface area contributed by atoms with Gasteiger partial charge in [-0.3, -0.25) is 37.3 Å². The van der Waals surface area contributed by atoms with Gasteiger partial charge in [-0.25, -0.2) is 9.13 Å². The fourth-order valence-electron chi connectivity index (χ4n) is 12.9. The van der Waals surface area contributed by atoms with Crippen molar-refractivity contribution in [3.05, 3.63) is 0 Å². The van der Waals surface area contributed by atoms with E-state index in [-0.39, 0.29) is 25.7 Å². The molecule has 19 heteroatoms. The van der Waals surface area contributed by atoms with Crippen molar-refractivity contribution in [1.29, 1.82) is 0 Å². The molecule has 0 saturated heterocycles. The monoisotopic (exact) mass is 1510 g/mol. The first kappa shape index (κ1) is 101. The zero-order valence-corrected chi connectivity index (χ0v) is 69.7. The number of carbonyl (C=O) groups is 4. The number of aliphatic hydroxyl groups excluding tert-OH is 1. The summed E-state index contributed by atoms with van der Waals surface area (Å²) in [6.07, 6.45) is 61.2. The van der Waals surface area contributed by atoms with Crippen LogP contribution in [0.15, 0.2) is 0 Å². The molecule has 0 heterocycles. The zero-order valence-electron chi connectivity index (χ0n) is 68.0. The van der Waals surface area contributed by atoms with Crippen LogP contribution < -0.4 is 0 Å². The minimum atomic E-state index is -4.96. The molecule has 3 unspecified atom stereocenters. The van der Waals surface area contributed by atoms with Gasteiger partial charge in [0.25, 0.3) is 0 Å². The minimum absolute atomic E-state index is 0.107. The molecule has 0 aliphatic heterocycles. The normalized spacial score (nSPS) is 14.2. The molecule has 0 aliphatic rings. The third-order valence-corrected chi connectivity index (χ3v) is 21.8. The fraction of sp³-hybridized carbons (Fsp3) is 0.952. The lowest BCUT2D eigenvalue weighted by Gasteiger charge is -2.21. The quantitative estimate of drug-likeness (QED) is 0.0222. The van der Waals surface area contributed by atoms with E-state index in [4.69, 9.17) is 37.0 Å². The lowest BCUT2D eigenvalue weighted by molar-refractivity contribution is -0.161. The molecule has 6 atom stereocenters. The first-order valence-corrected chi connectivity index (χ1v) is 46.2. The largest absolute Gasteiger partial charge is 0.472 e. The van der Waals surface area contributed by atoms with Crippen LogP contribution in [0.3, 0.4) is 0 Å². The van der Waals surface area contributed by atoms with E-state index in [0.717, 1.165) is 114 Å². The van der Waals surface area contributed by atoms with Crippen molar-refractivity contribution in [2.75, 3.05) is 39.6 Å². The summed E-state index contributed by atoms with van der Waals surface area (Å²) in [7, 11) is -9.92. The van der Waals surface area contributed by atoms with Crippen LogP contribution in [0.25, 0.3) is 0 Å². The van der Waals surface area contributed by atoms with Gasteiger partial charge in [-0.05, 0) is 49.4 Å². The van der Waals surface area contributed by atoms with Gasteiger partial charge >= 0.3 is 39.5 Å². The third kappa shape index (κ3) is 76.6. The van der Waals surface area contributed by atoms with Gasteiger partial charge in [-0.15, -0.1) is 0 Å². The molecule has 0 rings (SSSR count). The standard InChI is InChI=1S/C84H164O17P2/c1-9-77(8)63-55-47-38-32-26-19-14-12-10-11-13-15-21-28-34-40-50-58-66-84(89)101-80(71-95-82(87)65-57-49-43-42-46-54-62-76(6)7)73-99-103(92,93)97-69-78(85)68-96-102(90,91)98-72-79(100-83(88)67-59-51-41-35-29-23-22-25-31-37-45-53-61-75(4)5)70-94-81(86)64-56-48-39-33-27-20-17-16-18-24-30-36-44-52-60-74(2)3/h74-80,85H,9-73H2,1-8H3,(H,90,91)(H,92,93)/t77?,78-,79-,80-/m1/s1. The van der Waals surface area contributed by atoms with Gasteiger partial charge in [0, 0.05) is 25.7 Å². The summed E-state index contributed by atoms with van der Waals surface area (Å²) in [6, 6.07) is 0. The fourth-order valence-corrected chi connectivity index (χ4v) is 14.5. The lowest BCUT2D eigenvalue weighted by atomic mass is 9.99. The maximum Gasteiger partial charge on any atom is 0.472 e. The number of hydrogen-bond donors (Lipinski definition) is 3. The smallest absolute Gasteiger partial charge is 0.462 e. The summed E-state index contributed by atoms with van der Waals surface area (Å²) >= 11 is 0. The average Bonchev–Trinajstić information content (AvgIpc) is 0.955. The topological polar surface area (TPSA) is 237 Å². The molecule has 612 valence electrons. The Morgan fingerprint density at radius 3 is 0.689 bits per heavy atom. The van der Waals surface area contributed by atoms with Crippen LogP contribution in [0.2, 0.25) is 0 Å². The number of hydrogen-bond acceptors (Lipinski definition) is 15. The summed E-state index contributed by atoms with van der Waals surface area (Å²) in [5.41, 5.74) is 0. The van der Waals surface area contributed by atoms with Crippen molar-refractivity contribution < 1.29 is 80.2 Å². The molecule has 0 fully saturated rings. The first-order valence-electron chi connectivity index (χ1n) is 43.2. The Labute approximate surface area is 632 Å². The van der Waals surface area contributed by atoms with Crippen molar-refractivity contribution in [2.24, 2.45) is 23.7 Å². The number of esters is 4. The van der Waals surface area contributed by atoms with E-state index in [0.29, 0.717) is 31.6 Å². The van der Waals surface area contributed by atoms with E-state index in [1.54, 1.807) is 0 Å². The Bertz CT molecular complexity index is 2010. The van der Waals surface area contributed by atoms with Crippen LogP contribution in [0.1, 0.15) is 434 Å². The second-order valence-electron chi connectivity index (χ2n) is 31.9. The van der Waals surface area contributed by atoms with Crippen LogP contribution in [0.5, 0.6) is 0 Å². The Hall–Kier alpha value is -1.94. The molecule has 103 heavy (non-hydrogen) atoms. The first-order chi connectivity index (χ1) is 49.6. The molecule has 0 saturated carbocycles. The second-order valence-corrected chi connectivity index (χ2v) is 34.8. The van der Waals surface area contributed by atoms with Gasteiger partial charge in [-0.1, -0.05) is 383 Å². The highest BCUT2D eigenvalue weighted by Gasteiger charge is 2.30. The van der Waals surface area contributed by atoms with Crippen molar-refractivity contribution in [3.63, 3.8) is 0 Å². The Morgan fingerprint density at radius 1 is 0.272 bits per heavy atom. The molecular formula is C84H164O17P2. The van der Waals surface area contributed by atoms with Crippen LogP contribution in [-0.2, 0) is 65.4 Å². The maximum absolute atomic E-state index is 13.1. The highest BCUT2D eigenvalue weighted by molar-refractivity contribution is 7.47. The number of phosphoric ester groups is 2. The summed E-state index contributed by atoms with van der Waals surface area (Å²) in [4.78, 5) is 73.1. The molecule has 0 aromatic rings. The molecule has 0 aromatic carbocycles. The zero-order chi connectivity index (χ0) is 76.0. The molecule has 17 nitrogen and oxygen atoms in total. The molecule has 0 aliphatic carbocycles. The van der Waals surface area contributed by atoms with Crippen LogP contribution in [0, 0.1) is 23.7 Å². The van der Waals surface area contributed by atoms with Gasteiger partial charge in [0.1, 0.15) is 19.3 Å². The van der Waals surface area contributed by atoms with Crippen molar-refractivity contribution >= 4 is 39.5 Å². The van der Waals surface area contributed by atoms with Gasteiger partial charge in [0.05, 0.1) is 26.4 Å². The number of aliphatic hydroxyl groups is 1. The number of unbranched alkanes of at least 4 members (excludes halogenated alkanes) is 46. The van der Waals surface area contributed by atoms with E-state index in [1.807, 2.05) is 0 Å². The Morgan fingerprint density at radius 2 is 0.466 bits per heavy atom. The van der Waals surface area contributed by atoms with Crippen molar-refractivity contribution in [3.8, 4) is 0 Å². The molecule has 3 N–H and O–H groups in total. The van der Waals surface area contributed by atoms with E-state index in [1.165, 1.54) is 231 Å². The third-order valence-electron chi connectivity index (χ3n) is 19.9. The van der Waals surface area contributed by atoms with Crippen LogP contribution in [-0.4, -0.2) is 96.7 Å². The molecular weight excluding hydrogens is 1340 g/mol. The predicted molar refractivity (Wildman–Crippen MR) is 423 cm³/mol. The van der Waals surface area contributed by atoms with E-state index >= 15 is 0 Å². The molecule has 0 radical (unpaired) electrons. The maximum atomic E-state index is 13.1. The van der Waals surface area contributed by atoms with Gasteiger partial charge in [-0.2, -0.15) is 0 Å². The SMILES string of the molecule is CCC(C)CCCCCCCCCCCCCCCCCCCCC(=O)O[C@H](COC(=O)CCCCCCCCC(C)C)COP(=O)(O)OC[C@H](O)COP(=O)(O)OC[C@@H](COC(=O)CCCCCCCCCCCCCCCCC(C)C)OC(=O)CCCCCCCCCCCCCCC(C)C. The number of ether oxygens (including phenoxy) is 4. The van der Waals surface area contributed by atoms with Gasteiger partial charge < -0.3 is 33.8 Å². The lowest BCUT2D eigenvalue weighted by Crippen LogP contribution is -2.30. The summed E-state index contributed by atoms with van der Waals surface area (Å²) in [5, 5.41) is 10.7. The van der Waals surface area contributed by atoms with Gasteiger partial charge in [0.15, 0.2) is 12.2 Å².